The third kappa shape index (κ3) is 4.58. The Morgan fingerprint density at radius 2 is 1.89 bits per heavy atom. The Hall–Kier alpha value is -1.52. The lowest BCUT2D eigenvalue weighted by Gasteiger charge is -2.39. The summed E-state index contributed by atoms with van der Waals surface area (Å²) in [4.78, 5) is 24.4. The van der Waals surface area contributed by atoms with Crippen molar-refractivity contribution in [2.75, 3.05) is 13.1 Å². The first kappa shape index (κ1) is 15.5. The summed E-state index contributed by atoms with van der Waals surface area (Å²) in [5.74, 6) is -0.828. The lowest BCUT2D eigenvalue weighted by Crippen LogP contribution is -2.45. The number of ether oxygens (including phenoxy) is 1. The molecule has 5 heteroatoms. The van der Waals surface area contributed by atoms with E-state index in [1.54, 1.807) is 11.0 Å². The molecule has 5 nitrogen and oxygen atoms in total. The second-order valence-electron chi connectivity index (χ2n) is 6.10. The highest BCUT2D eigenvalue weighted by atomic mass is 16.6. The molecular weight excluding hydrogens is 246 g/mol. The lowest BCUT2D eigenvalue weighted by atomic mass is 9.76. The van der Waals surface area contributed by atoms with Crippen LogP contribution in [0.3, 0.4) is 0 Å². The summed E-state index contributed by atoms with van der Waals surface area (Å²) in [5, 5.41) is 8.94. The van der Waals surface area contributed by atoms with Crippen LogP contribution < -0.4 is 0 Å². The zero-order chi connectivity index (χ0) is 14.7. The second-order valence-corrected chi connectivity index (χ2v) is 6.10. The smallest absolute Gasteiger partial charge is 0.410 e. The van der Waals surface area contributed by atoms with Gasteiger partial charge in [-0.2, -0.15) is 0 Å². The zero-order valence-corrected chi connectivity index (χ0v) is 11.9. The van der Waals surface area contributed by atoms with Crippen molar-refractivity contribution in [1.82, 2.24) is 4.90 Å². The normalized spacial score (nSPS) is 18.8. The van der Waals surface area contributed by atoms with Crippen LogP contribution in [0, 0.1) is 5.41 Å². The fourth-order valence-corrected chi connectivity index (χ4v) is 2.22. The van der Waals surface area contributed by atoms with Gasteiger partial charge in [0.1, 0.15) is 5.60 Å². The molecule has 0 saturated carbocycles. The van der Waals surface area contributed by atoms with Gasteiger partial charge in [-0.3, -0.25) is 4.79 Å². The maximum Gasteiger partial charge on any atom is 0.410 e. The van der Waals surface area contributed by atoms with Crippen LogP contribution in [0.25, 0.3) is 0 Å². The van der Waals surface area contributed by atoms with E-state index in [-0.39, 0.29) is 12.5 Å². The summed E-state index contributed by atoms with van der Waals surface area (Å²) in [6.07, 6.45) is 2.68. The molecule has 1 heterocycles. The average Bonchev–Trinajstić information content (AvgIpc) is 2.26. The number of allylic oxidation sites excluding steroid dienone is 1. The number of hydrogen-bond donors (Lipinski definition) is 1. The topological polar surface area (TPSA) is 66.8 Å². The van der Waals surface area contributed by atoms with Gasteiger partial charge in [-0.25, -0.2) is 4.79 Å². The van der Waals surface area contributed by atoms with Gasteiger partial charge in [-0.05, 0) is 33.6 Å². The molecule has 0 aliphatic carbocycles. The molecule has 1 aliphatic heterocycles. The number of nitrogens with zero attached hydrogens (tertiary/aromatic N) is 1. The summed E-state index contributed by atoms with van der Waals surface area (Å²) < 4.78 is 5.30. The SMILES string of the molecule is C=CC1(CC(=O)O)CCN(C(=O)OC(C)(C)C)CC1. The molecule has 0 unspecified atom stereocenters. The molecular formula is C14H23NO4. The van der Waals surface area contributed by atoms with E-state index in [9.17, 15) is 9.59 Å². The summed E-state index contributed by atoms with van der Waals surface area (Å²) in [7, 11) is 0. The van der Waals surface area contributed by atoms with Gasteiger partial charge in [0.05, 0.1) is 6.42 Å². The second kappa shape index (κ2) is 5.63. The molecule has 0 aromatic carbocycles. The quantitative estimate of drug-likeness (QED) is 0.800. The molecule has 1 fully saturated rings. The Balaban J connectivity index is 2.58. The third-order valence-corrected chi connectivity index (χ3v) is 3.35. The minimum atomic E-state index is -0.828. The Bertz CT molecular complexity index is 362. The Morgan fingerprint density at radius 1 is 1.37 bits per heavy atom. The van der Waals surface area contributed by atoms with Crippen LogP contribution >= 0.6 is 0 Å². The minimum absolute atomic E-state index is 0.0681. The van der Waals surface area contributed by atoms with Crippen LogP contribution in [0.5, 0.6) is 0 Å². The van der Waals surface area contributed by atoms with Crippen LogP contribution in [0.1, 0.15) is 40.0 Å². The van der Waals surface area contributed by atoms with Crippen molar-refractivity contribution >= 4 is 12.1 Å². The highest BCUT2D eigenvalue weighted by Gasteiger charge is 2.36. The minimum Gasteiger partial charge on any atom is -0.481 e. The van der Waals surface area contributed by atoms with Gasteiger partial charge in [0, 0.05) is 18.5 Å². The predicted molar refractivity (Wildman–Crippen MR) is 71.9 cm³/mol. The Labute approximate surface area is 114 Å². The maximum absolute atomic E-state index is 11.9. The molecule has 0 bridgehead atoms. The number of hydrogen-bond acceptors (Lipinski definition) is 3. The highest BCUT2D eigenvalue weighted by molar-refractivity contribution is 5.69. The molecule has 1 N–H and O–H groups in total. The average molecular weight is 269 g/mol. The van der Waals surface area contributed by atoms with Crippen molar-refractivity contribution in [3.63, 3.8) is 0 Å². The number of aliphatic carboxylic acids is 1. The van der Waals surface area contributed by atoms with Crippen molar-refractivity contribution in [2.24, 2.45) is 5.41 Å². The molecule has 19 heavy (non-hydrogen) atoms. The standard InChI is InChI=1S/C14H23NO4/c1-5-14(10-11(16)17)6-8-15(9-7-14)12(18)19-13(2,3)4/h5H,1,6-10H2,2-4H3,(H,16,17). The molecule has 108 valence electrons. The van der Waals surface area contributed by atoms with Gasteiger partial charge in [0.2, 0.25) is 0 Å². The van der Waals surface area contributed by atoms with Gasteiger partial charge < -0.3 is 14.7 Å². The van der Waals surface area contributed by atoms with Crippen molar-refractivity contribution in [1.29, 1.82) is 0 Å². The number of amides is 1. The van der Waals surface area contributed by atoms with E-state index >= 15 is 0 Å². The van der Waals surface area contributed by atoms with Crippen molar-refractivity contribution < 1.29 is 19.4 Å². The third-order valence-electron chi connectivity index (χ3n) is 3.35. The van der Waals surface area contributed by atoms with E-state index in [1.165, 1.54) is 0 Å². The first-order valence-electron chi connectivity index (χ1n) is 6.51. The lowest BCUT2D eigenvalue weighted by molar-refractivity contribution is -0.139. The number of rotatable bonds is 3. The number of carboxylic acid groups (broad SMARTS) is 1. The van der Waals surface area contributed by atoms with Gasteiger partial charge in [-0.15, -0.1) is 6.58 Å². The molecule has 0 spiro atoms. The monoisotopic (exact) mass is 269 g/mol. The molecule has 1 amide bonds. The molecule has 1 rings (SSSR count). The van der Waals surface area contributed by atoms with Gasteiger partial charge in [0.15, 0.2) is 0 Å². The molecule has 0 radical (unpaired) electrons. The summed E-state index contributed by atoms with van der Waals surface area (Å²) in [6.45, 7) is 10.2. The summed E-state index contributed by atoms with van der Waals surface area (Å²) in [6, 6.07) is 0. The first-order chi connectivity index (χ1) is 8.67. The molecule has 0 atom stereocenters. The Kier molecular flexibility index (Phi) is 4.61. The van der Waals surface area contributed by atoms with Crippen molar-refractivity contribution in [2.45, 2.75) is 45.6 Å². The largest absolute Gasteiger partial charge is 0.481 e. The molecule has 1 saturated heterocycles. The molecule has 1 aliphatic rings. The van der Waals surface area contributed by atoms with E-state index in [2.05, 4.69) is 6.58 Å². The van der Waals surface area contributed by atoms with E-state index in [0.717, 1.165) is 0 Å². The van der Waals surface area contributed by atoms with E-state index in [0.29, 0.717) is 25.9 Å². The predicted octanol–water partition coefficient (Wildman–Crippen LogP) is 2.66. The summed E-state index contributed by atoms with van der Waals surface area (Å²) >= 11 is 0. The van der Waals surface area contributed by atoms with Crippen LogP contribution in [-0.2, 0) is 9.53 Å². The van der Waals surface area contributed by atoms with Gasteiger partial charge in [-0.1, -0.05) is 6.08 Å². The zero-order valence-electron chi connectivity index (χ0n) is 11.9. The summed E-state index contributed by atoms with van der Waals surface area (Å²) in [5.41, 5.74) is -0.907. The number of carboxylic acids is 1. The van der Waals surface area contributed by atoms with Crippen LogP contribution in [0.2, 0.25) is 0 Å². The van der Waals surface area contributed by atoms with Gasteiger partial charge >= 0.3 is 12.1 Å². The fraction of sp³-hybridized carbons (Fsp3) is 0.714. The number of piperidine rings is 1. The van der Waals surface area contributed by atoms with E-state index < -0.39 is 17.0 Å². The van der Waals surface area contributed by atoms with Crippen LogP contribution in [-0.4, -0.2) is 40.8 Å². The molecule has 0 aromatic heterocycles. The van der Waals surface area contributed by atoms with Gasteiger partial charge in [0.25, 0.3) is 0 Å². The number of carbonyl (C=O) groups excluding carboxylic acids is 1. The van der Waals surface area contributed by atoms with E-state index in [4.69, 9.17) is 9.84 Å². The van der Waals surface area contributed by atoms with Crippen LogP contribution in [0.15, 0.2) is 12.7 Å². The number of carbonyl (C=O) groups is 2. The number of likely N-dealkylation sites (tertiary alicyclic amines) is 1. The molecule has 0 aromatic rings. The maximum atomic E-state index is 11.9. The van der Waals surface area contributed by atoms with Crippen LogP contribution in [0.4, 0.5) is 4.79 Å². The highest BCUT2D eigenvalue weighted by Crippen LogP contribution is 2.36. The fourth-order valence-electron chi connectivity index (χ4n) is 2.22. The van der Waals surface area contributed by atoms with Crippen molar-refractivity contribution in [3.05, 3.63) is 12.7 Å². The first-order valence-corrected chi connectivity index (χ1v) is 6.51. The van der Waals surface area contributed by atoms with E-state index in [1.807, 2.05) is 20.8 Å². The Morgan fingerprint density at radius 3 is 2.26 bits per heavy atom. The van der Waals surface area contributed by atoms with Crippen molar-refractivity contribution in [3.8, 4) is 0 Å².